The van der Waals surface area contributed by atoms with Crippen LogP contribution in [0.15, 0.2) is 0 Å². The molecule has 7 nitrogen and oxygen atoms in total. The summed E-state index contributed by atoms with van der Waals surface area (Å²) in [5, 5.41) is 11.6. The molecule has 1 aromatic rings. The van der Waals surface area contributed by atoms with Gasteiger partial charge >= 0.3 is 0 Å². The van der Waals surface area contributed by atoms with Gasteiger partial charge in [-0.3, -0.25) is 9.69 Å². The number of carbonyl (C=O) groups is 1. The van der Waals surface area contributed by atoms with E-state index in [4.69, 9.17) is 10.5 Å². The zero-order valence-electron chi connectivity index (χ0n) is 11.7. The lowest BCUT2D eigenvalue weighted by Gasteiger charge is -2.32. The van der Waals surface area contributed by atoms with Gasteiger partial charge in [0.25, 0.3) is 0 Å². The number of ether oxygens (including phenoxy) is 1. The summed E-state index contributed by atoms with van der Waals surface area (Å²) in [6.07, 6.45) is 1.37. The molecule has 0 spiro atoms. The third-order valence-corrected chi connectivity index (χ3v) is 4.13. The van der Waals surface area contributed by atoms with E-state index >= 15 is 0 Å². The summed E-state index contributed by atoms with van der Waals surface area (Å²) in [4.78, 5) is 14.1. The van der Waals surface area contributed by atoms with Gasteiger partial charge in [-0.2, -0.15) is 0 Å². The van der Waals surface area contributed by atoms with E-state index in [1.807, 2.05) is 0 Å². The Morgan fingerprint density at radius 1 is 1.50 bits per heavy atom. The van der Waals surface area contributed by atoms with Crippen LogP contribution in [0.25, 0.3) is 0 Å². The fourth-order valence-corrected chi connectivity index (χ4v) is 2.69. The number of hydrogen-bond acceptors (Lipinski definition) is 7. The van der Waals surface area contributed by atoms with Crippen molar-refractivity contribution in [1.82, 2.24) is 20.4 Å². The summed E-state index contributed by atoms with van der Waals surface area (Å²) in [7, 11) is 0. The predicted octanol–water partition coefficient (Wildman–Crippen LogP) is 0.237. The predicted molar refractivity (Wildman–Crippen MR) is 77.3 cm³/mol. The molecule has 2 heterocycles. The summed E-state index contributed by atoms with van der Waals surface area (Å²) in [5.74, 6) is 0.0406. The zero-order chi connectivity index (χ0) is 14.4. The van der Waals surface area contributed by atoms with E-state index < -0.39 is 0 Å². The third-order valence-electron chi connectivity index (χ3n) is 3.38. The number of nitrogens with one attached hydrogen (secondary N) is 1. The van der Waals surface area contributed by atoms with E-state index in [1.54, 1.807) is 0 Å². The molecule has 1 aromatic heterocycles. The molecule has 1 aliphatic heterocycles. The maximum Gasteiger partial charge on any atom is 0.220 e. The maximum atomic E-state index is 11.8. The monoisotopic (exact) mass is 299 g/mol. The van der Waals surface area contributed by atoms with Crippen molar-refractivity contribution in [1.29, 1.82) is 0 Å². The number of carbonyl (C=O) groups excluding carboxylic acids is 1. The topological polar surface area (TPSA) is 93.4 Å². The zero-order valence-corrected chi connectivity index (χ0v) is 12.5. The van der Waals surface area contributed by atoms with Gasteiger partial charge in [0.15, 0.2) is 0 Å². The third kappa shape index (κ3) is 4.69. The van der Waals surface area contributed by atoms with E-state index in [0.29, 0.717) is 24.1 Å². The second kappa shape index (κ2) is 7.51. The van der Waals surface area contributed by atoms with E-state index in [2.05, 4.69) is 27.3 Å². The Hall–Kier alpha value is -1.25. The molecule has 1 saturated heterocycles. The first kappa shape index (κ1) is 15.1. The van der Waals surface area contributed by atoms with Crippen LogP contribution in [0.1, 0.15) is 24.8 Å². The minimum atomic E-state index is 0.0406. The lowest BCUT2D eigenvalue weighted by atomic mass is 10.1. The van der Waals surface area contributed by atoms with Gasteiger partial charge in [0.2, 0.25) is 11.0 Å². The van der Waals surface area contributed by atoms with Crippen LogP contribution in [0, 0.1) is 0 Å². The number of amides is 1. The Kier molecular flexibility index (Phi) is 5.69. The highest BCUT2D eigenvalue weighted by molar-refractivity contribution is 7.15. The van der Waals surface area contributed by atoms with E-state index in [1.165, 1.54) is 11.3 Å². The molecule has 0 bridgehead atoms. The van der Waals surface area contributed by atoms with Crippen molar-refractivity contribution < 1.29 is 9.53 Å². The molecule has 1 atom stereocenters. The molecule has 1 fully saturated rings. The van der Waals surface area contributed by atoms with Crippen LogP contribution in [0.3, 0.4) is 0 Å². The van der Waals surface area contributed by atoms with Gasteiger partial charge in [0.05, 0.1) is 19.8 Å². The van der Waals surface area contributed by atoms with Crippen molar-refractivity contribution in [3.63, 3.8) is 0 Å². The molecular formula is C12H21N5O2S. The average molecular weight is 299 g/mol. The summed E-state index contributed by atoms with van der Waals surface area (Å²) < 4.78 is 5.32. The Bertz CT molecular complexity index is 433. The Labute approximate surface area is 122 Å². The van der Waals surface area contributed by atoms with Gasteiger partial charge in [-0.05, 0) is 13.3 Å². The summed E-state index contributed by atoms with van der Waals surface area (Å²) in [6.45, 7) is 6.04. The van der Waals surface area contributed by atoms with Gasteiger partial charge in [0.1, 0.15) is 5.01 Å². The van der Waals surface area contributed by atoms with E-state index in [0.717, 1.165) is 37.7 Å². The lowest BCUT2D eigenvalue weighted by molar-refractivity contribution is -0.121. The van der Waals surface area contributed by atoms with Crippen LogP contribution in [-0.4, -0.2) is 53.3 Å². The molecular weight excluding hydrogens is 278 g/mol. The fourth-order valence-electron chi connectivity index (χ4n) is 2.14. The van der Waals surface area contributed by atoms with Crippen LogP contribution < -0.4 is 11.1 Å². The first-order valence-corrected chi connectivity index (χ1v) is 7.63. The molecule has 3 N–H and O–H groups in total. The number of nitrogen functional groups attached to an aromatic ring is 1. The van der Waals surface area contributed by atoms with Crippen molar-refractivity contribution in [2.75, 3.05) is 32.0 Å². The second-order valence-corrected chi connectivity index (χ2v) is 5.94. The fraction of sp³-hybridized carbons (Fsp3) is 0.750. The van der Waals surface area contributed by atoms with Crippen LogP contribution in [0.4, 0.5) is 5.13 Å². The number of aromatic nitrogens is 2. The van der Waals surface area contributed by atoms with Gasteiger partial charge < -0.3 is 15.8 Å². The van der Waals surface area contributed by atoms with Crippen LogP contribution in [0.5, 0.6) is 0 Å². The summed E-state index contributed by atoms with van der Waals surface area (Å²) >= 11 is 1.30. The minimum absolute atomic E-state index is 0.0406. The van der Waals surface area contributed by atoms with Gasteiger partial charge in [-0.1, -0.05) is 11.3 Å². The van der Waals surface area contributed by atoms with Crippen LogP contribution >= 0.6 is 11.3 Å². The van der Waals surface area contributed by atoms with Crippen molar-refractivity contribution >= 4 is 22.4 Å². The molecule has 0 radical (unpaired) electrons. The number of rotatable bonds is 6. The highest BCUT2D eigenvalue weighted by atomic mass is 32.1. The SMILES string of the molecule is C[C@@H](CCC(=O)NCc1nnc(N)s1)N1CCOCC1. The van der Waals surface area contributed by atoms with Crippen molar-refractivity contribution in [2.24, 2.45) is 0 Å². The molecule has 0 unspecified atom stereocenters. The number of anilines is 1. The number of nitrogens with two attached hydrogens (primary N) is 1. The van der Waals surface area contributed by atoms with Crippen molar-refractivity contribution in [3.05, 3.63) is 5.01 Å². The quantitative estimate of drug-likeness (QED) is 0.781. The molecule has 1 aliphatic rings. The minimum Gasteiger partial charge on any atom is -0.379 e. The normalized spacial score (nSPS) is 17.9. The number of hydrogen-bond donors (Lipinski definition) is 2. The van der Waals surface area contributed by atoms with Crippen LogP contribution in [-0.2, 0) is 16.1 Å². The molecule has 0 saturated carbocycles. The van der Waals surface area contributed by atoms with E-state index in [-0.39, 0.29) is 5.91 Å². The van der Waals surface area contributed by atoms with Gasteiger partial charge in [-0.15, -0.1) is 10.2 Å². The molecule has 0 aromatic carbocycles. The molecule has 112 valence electrons. The number of morpholine rings is 1. The maximum absolute atomic E-state index is 11.8. The standard InChI is InChI=1S/C12H21N5O2S/c1-9(17-4-6-19-7-5-17)2-3-10(18)14-8-11-15-16-12(13)20-11/h9H,2-8H2,1H3,(H2,13,16)(H,14,18)/t9-/m0/s1. The molecule has 8 heteroatoms. The largest absolute Gasteiger partial charge is 0.379 e. The number of nitrogens with zero attached hydrogens (tertiary/aromatic N) is 3. The first-order chi connectivity index (χ1) is 9.65. The van der Waals surface area contributed by atoms with E-state index in [9.17, 15) is 4.79 Å². The molecule has 2 rings (SSSR count). The molecule has 20 heavy (non-hydrogen) atoms. The summed E-state index contributed by atoms with van der Waals surface area (Å²) in [5.41, 5.74) is 5.48. The highest BCUT2D eigenvalue weighted by Gasteiger charge is 2.17. The highest BCUT2D eigenvalue weighted by Crippen LogP contribution is 2.11. The van der Waals surface area contributed by atoms with Crippen LogP contribution in [0.2, 0.25) is 0 Å². The Morgan fingerprint density at radius 2 is 2.25 bits per heavy atom. The Balaban J connectivity index is 1.64. The van der Waals surface area contributed by atoms with Gasteiger partial charge in [0, 0.05) is 25.6 Å². The molecule has 1 amide bonds. The van der Waals surface area contributed by atoms with Gasteiger partial charge in [-0.25, -0.2) is 0 Å². The summed E-state index contributed by atoms with van der Waals surface area (Å²) in [6, 6.07) is 0.404. The molecule has 0 aliphatic carbocycles. The lowest BCUT2D eigenvalue weighted by Crippen LogP contribution is -2.42. The Morgan fingerprint density at radius 3 is 2.90 bits per heavy atom. The second-order valence-electron chi connectivity index (χ2n) is 4.85. The van der Waals surface area contributed by atoms with Crippen molar-refractivity contribution in [2.45, 2.75) is 32.4 Å². The average Bonchev–Trinajstić information content (AvgIpc) is 2.89. The van der Waals surface area contributed by atoms with Crippen molar-refractivity contribution in [3.8, 4) is 0 Å². The first-order valence-electron chi connectivity index (χ1n) is 6.81. The smallest absolute Gasteiger partial charge is 0.220 e.